The monoisotopic (exact) mass is 335 g/mol. The van der Waals surface area contributed by atoms with E-state index >= 15 is 0 Å². The predicted octanol–water partition coefficient (Wildman–Crippen LogP) is 4.26. The lowest BCUT2D eigenvalue weighted by Crippen LogP contribution is -2.11. The minimum Gasteiger partial charge on any atom is -0.493 e. The summed E-state index contributed by atoms with van der Waals surface area (Å²) < 4.78 is 12.0. The van der Waals surface area contributed by atoms with Crippen molar-refractivity contribution >= 4 is 21.6 Å². The van der Waals surface area contributed by atoms with E-state index in [9.17, 15) is 0 Å². The van der Waals surface area contributed by atoms with Crippen molar-refractivity contribution in [1.29, 1.82) is 0 Å². The Labute approximate surface area is 128 Å². The molecule has 4 heteroatoms. The Bertz CT molecular complexity index is 572. The summed E-state index contributed by atoms with van der Waals surface area (Å²) in [7, 11) is 1.64. The number of ether oxygens (including phenoxy) is 2. The highest BCUT2D eigenvalue weighted by atomic mass is 79.9. The molecule has 2 aromatic rings. The molecule has 0 bridgehead atoms. The van der Waals surface area contributed by atoms with E-state index in [-0.39, 0.29) is 0 Å². The Morgan fingerprint density at radius 3 is 2.55 bits per heavy atom. The zero-order valence-corrected chi connectivity index (χ0v) is 13.2. The maximum atomic E-state index is 5.70. The first-order chi connectivity index (χ1) is 9.70. The molecule has 0 radical (unpaired) electrons. The van der Waals surface area contributed by atoms with Crippen LogP contribution in [0.4, 0.5) is 5.69 Å². The van der Waals surface area contributed by atoms with Gasteiger partial charge < -0.3 is 14.8 Å². The molecule has 0 aromatic heterocycles. The van der Waals surface area contributed by atoms with Crippen LogP contribution in [0.2, 0.25) is 0 Å². The molecular weight excluding hydrogens is 318 g/mol. The Hall–Kier alpha value is -1.68. The standard InChI is InChI=1S/C16H18BrNO2/c1-12-7-8-13(11-14(12)17)18-9-10-20-16-6-4-3-5-15(16)19-2/h3-8,11,18H,9-10H2,1-2H3. The Morgan fingerprint density at radius 2 is 1.85 bits per heavy atom. The van der Waals surface area contributed by atoms with E-state index in [0.29, 0.717) is 6.61 Å². The van der Waals surface area contributed by atoms with Gasteiger partial charge in [0.1, 0.15) is 6.61 Å². The summed E-state index contributed by atoms with van der Waals surface area (Å²) in [6.45, 7) is 3.37. The summed E-state index contributed by atoms with van der Waals surface area (Å²) in [4.78, 5) is 0. The molecule has 2 aromatic carbocycles. The molecule has 0 aliphatic rings. The zero-order chi connectivity index (χ0) is 14.4. The van der Waals surface area contributed by atoms with Crippen LogP contribution in [0.3, 0.4) is 0 Å². The van der Waals surface area contributed by atoms with E-state index in [4.69, 9.17) is 9.47 Å². The van der Waals surface area contributed by atoms with Gasteiger partial charge in [0.25, 0.3) is 0 Å². The number of hydrogen-bond donors (Lipinski definition) is 1. The normalized spacial score (nSPS) is 10.2. The van der Waals surface area contributed by atoms with Crippen molar-refractivity contribution in [2.24, 2.45) is 0 Å². The van der Waals surface area contributed by atoms with Crippen LogP contribution in [0.15, 0.2) is 46.9 Å². The van der Waals surface area contributed by atoms with Gasteiger partial charge in [0.05, 0.1) is 7.11 Å². The van der Waals surface area contributed by atoms with Crippen molar-refractivity contribution in [1.82, 2.24) is 0 Å². The molecular formula is C16H18BrNO2. The van der Waals surface area contributed by atoms with Crippen LogP contribution in [-0.2, 0) is 0 Å². The molecule has 106 valence electrons. The predicted molar refractivity (Wildman–Crippen MR) is 85.9 cm³/mol. The van der Waals surface area contributed by atoms with Crippen LogP contribution in [0.1, 0.15) is 5.56 Å². The van der Waals surface area contributed by atoms with E-state index in [1.807, 2.05) is 24.3 Å². The SMILES string of the molecule is COc1ccccc1OCCNc1ccc(C)c(Br)c1. The maximum absolute atomic E-state index is 5.70. The Balaban J connectivity index is 1.83. The van der Waals surface area contributed by atoms with Gasteiger partial charge in [-0.1, -0.05) is 34.1 Å². The van der Waals surface area contributed by atoms with Crippen LogP contribution in [-0.4, -0.2) is 20.3 Å². The maximum Gasteiger partial charge on any atom is 0.161 e. The van der Waals surface area contributed by atoms with E-state index in [0.717, 1.165) is 28.2 Å². The minimum atomic E-state index is 0.575. The molecule has 0 unspecified atom stereocenters. The zero-order valence-electron chi connectivity index (χ0n) is 11.7. The third-order valence-corrected chi connectivity index (χ3v) is 3.78. The largest absolute Gasteiger partial charge is 0.493 e. The molecule has 0 saturated heterocycles. The first kappa shape index (κ1) is 14.7. The van der Waals surface area contributed by atoms with Gasteiger partial charge in [0.2, 0.25) is 0 Å². The molecule has 0 spiro atoms. The number of aryl methyl sites for hydroxylation is 1. The lowest BCUT2D eigenvalue weighted by molar-refractivity contribution is 0.306. The molecule has 0 heterocycles. The average molecular weight is 336 g/mol. The second-order valence-corrected chi connectivity index (χ2v) is 5.24. The van der Waals surface area contributed by atoms with Crippen LogP contribution in [0, 0.1) is 6.92 Å². The van der Waals surface area contributed by atoms with Crippen LogP contribution < -0.4 is 14.8 Å². The summed E-state index contributed by atoms with van der Waals surface area (Å²) >= 11 is 3.52. The fourth-order valence-corrected chi connectivity index (χ4v) is 2.18. The third-order valence-electron chi connectivity index (χ3n) is 2.93. The molecule has 0 atom stereocenters. The van der Waals surface area contributed by atoms with Crippen molar-refractivity contribution in [3.8, 4) is 11.5 Å². The van der Waals surface area contributed by atoms with E-state index in [2.05, 4.69) is 46.4 Å². The average Bonchev–Trinajstić information content (AvgIpc) is 2.47. The topological polar surface area (TPSA) is 30.5 Å². The quantitative estimate of drug-likeness (QED) is 0.800. The summed E-state index contributed by atoms with van der Waals surface area (Å²) in [6, 6.07) is 13.9. The molecule has 2 rings (SSSR count). The van der Waals surface area contributed by atoms with Gasteiger partial charge in [-0.2, -0.15) is 0 Å². The molecule has 1 N–H and O–H groups in total. The fraction of sp³-hybridized carbons (Fsp3) is 0.250. The van der Waals surface area contributed by atoms with Gasteiger partial charge in [-0.05, 0) is 36.8 Å². The minimum absolute atomic E-state index is 0.575. The number of benzene rings is 2. The molecule has 3 nitrogen and oxygen atoms in total. The number of nitrogens with one attached hydrogen (secondary N) is 1. The lowest BCUT2D eigenvalue weighted by Gasteiger charge is -2.11. The van der Waals surface area contributed by atoms with E-state index < -0.39 is 0 Å². The van der Waals surface area contributed by atoms with Gasteiger partial charge in [-0.3, -0.25) is 0 Å². The summed E-state index contributed by atoms with van der Waals surface area (Å²) in [6.07, 6.45) is 0. The van der Waals surface area contributed by atoms with Gasteiger partial charge in [-0.15, -0.1) is 0 Å². The van der Waals surface area contributed by atoms with Gasteiger partial charge in [0, 0.05) is 16.7 Å². The van der Waals surface area contributed by atoms with Crippen molar-refractivity contribution in [3.05, 3.63) is 52.5 Å². The molecule has 0 fully saturated rings. The highest BCUT2D eigenvalue weighted by Crippen LogP contribution is 2.25. The summed E-state index contributed by atoms with van der Waals surface area (Å²) in [5, 5.41) is 3.32. The number of para-hydroxylation sites is 2. The van der Waals surface area contributed by atoms with Crippen molar-refractivity contribution < 1.29 is 9.47 Å². The Morgan fingerprint density at radius 1 is 1.10 bits per heavy atom. The van der Waals surface area contributed by atoms with E-state index in [1.54, 1.807) is 7.11 Å². The van der Waals surface area contributed by atoms with Crippen molar-refractivity contribution in [2.45, 2.75) is 6.92 Å². The van der Waals surface area contributed by atoms with Crippen LogP contribution >= 0.6 is 15.9 Å². The molecule has 0 saturated carbocycles. The van der Waals surface area contributed by atoms with Crippen molar-refractivity contribution in [2.75, 3.05) is 25.6 Å². The van der Waals surface area contributed by atoms with E-state index in [1.165, 1.54) is 5.56 Å². The molecule has 0 aliphatic carbocycles. The molecule has 0 aliphatic heterocycles. The fourth-order valence-electron chi connectivity index (χ4n) is 1.80. The van der Waals surface area contributed by atoms with Gasteiger partial charge >= 0.3 is 0 Å². The Kier molecular flexibility index (Phi) is 5.30. The number of methoxy groups -OCH3 is 1. The van der Waals surface area contributed by atoms with Gasteiger partial charge in [0.15, 0.2) is 11.5 Å². The molecule has 20 heavy (non-hydrogen) atoms. The second-order valence-electron chi connectivity index (χ2n) is 4.39. The number of anilines is 1. The number of rotatable bonds is 6. The first-order valence-corrected chi connectivity index (χ1v) is 7.26. The number of hydrogen-bond acceptors (Lipinski definition) is 3. The number of halogens is 1. The van der Waals surface area contributed by atoms with Gasteiger partial charge in [-0.25, -0.2) is 0 Å². The highest BCUT2D eigenvalue weighted by molar-refractivity contribution is 9.10. The smallest absolute Gasteiger partial charge is 0.161 e. The first-order valence-electron chi connectivity index (χ1n) is 6.46. The lowest BCUT2D eigenvalue weighted by atomic mass is 10.2. The van der Waals surface area contributed by atoms with Crippen LogP contribution in [0.25, 0.3) is 0 Å². The molecule has 0 amide bonds. The third kappa shape index (κ3) is 3.90. The van der Waals surface area contributed by atoms with Crippen molar-refractivity contribution in [3.63, 3.8) is 0 Å². The highest BCUT2D eigenvalue weighted by Gasteiger charge is 2.02. The second kappa shape index (κ2) is 7.20. The summed E-state index contributed by atoms with van der Waals surface area (Å²) in [5.74, 6) is 1.52. The summed E-state index contributed by atoms with van der Waals surface area (Å²) in [5.41, 5.74) is 2.30. The van der Waals surface area contributed by atoms with Crippen LogP contribution in [0.5, 0.6) is 11.5 Å².